The molecule has 3 nitrogen and oxygen atoms in total. The van der Waals surface area contributed by atoms with E-state index in [-0.39, 0.29) is 5.82 Å². The zero-order valence-electron chi connectivity index (χ0n) is 30.8. The van der Waals surface area contributed by atoms with Gasteiger partial charge in [-0.1, -0.05) is 103 Å². The van der Waals surface area contributed by atoms with E-state index in [4.69, 9.17) is 9.97 Å². The molecule has 2 aromatic heterocycles. The quantitative estimate of drug-likeness (QED) is 0.180. The van der Waals surface area contributed by atoms with Crippen LogP contribution in [0.2, 0.25) is 0 Å². The van der Waals surface area contributed by atoms with Crippen LogP contribution in [0.1, 0.15) is 5.56 Å². The molecule has 9 aromatic carbocycles. The third kappa shape index (κ3) is 4.96. The number of halogens is 1. The standard InChI is InChI=1S/C53H28FN3S/c54-38-22-19-34(20-23-38)46-28-45(33-13-11-30(29-55)12-14-33)56-53(57-46)35-17-15-31(16-18-35)37-26-44-40-8-4-9-42-50-39-7-2-1-5-32(39)21-24-41(50)43(51(40)42)25-36-6-3-10-47-49(36)52(44)48(27-37)58-47/h1-28H. The lowest BCUT2D eigenvalue weighted by Gasteiger charge is -2.11. The smallest absolute Gasteiger partial charge is 0.160 e. The second-order valence-corrected chi connectivity index (χ2v) is 16.0. The van der Waals surface area contributed by atoms with Gasteiger partial charge in [-0.25, -0.2) is 14.4 Å². The highest BCUT2D eigenvalue weighted by molar-refractivity contribution is 7.26. The molecule has 0 radical (unpaired) electrons. The molecule has 1 aliphatic rings. The maximum Gasteiger partial charge on any atom is 0.160 e. The zero-order chi connectivity index (χ0) is 38.5. The second-order valence-electron chi connectivity index (χ2n) is 15.0. The fraction of sp³-hybridized carbons (Fsp3) is 0. The summed E-state index contributed by atoms with van der Waals surface area (Å²) in [6.45, 7) is 0. The molecule has 12 rings (SSSR count). The Bertz CT molecular complexity index is 3560. The van der Waals surface area contributed by atoms with Crippen molar-refractivity contribution in [3.8, 4) is 73.4 Å². The first-order valence-corrected chi connectivity index (χ1v) is 20.0. The van der Waals surface area contributed by atoms with Gasteiger partial charge in [-0.2, -0.15) is 5.26 Å². The van der Waals surface area contributed by atoms with Crippen LogP contribution in [0.25, 0.3) is 120 Å². The number of thiophene rings is 1. The largest absolute Gasteiger partial charge is 0.228 e. The number of hydrogen-bond donors (Lipinski definition) is 0. The van der Waals surface area contributed by atoms with Crippen molar-refractivity contribution >= 4 is 63.8 Å². The highest BCUT2D eigenvalue weighted by Gasteiger charge is 2.25. The minimum atomic E-state index is -0.303. The second kappa shape index (κ2) is 12.5. The first kappa shape index (κ1) is 32.7. The summed E-state index contributed by atoms with van der Waals surface area (Å²) in [6.07, 6.45) is 0. The third-order valence-corrected chi connectivity index (χ3v) is 12.8. The molecule has 0 atom stereocenters. The molecule has 1 aliphatic carbocycles. The van der Waals surface area contributed by atoms with Gasteiger partial charge in [0.05, 0.1) is 23.0 Å². The Kier molecular flexibility index (Phi) is 7.04. The molecule has 0 bridgehead atoms. The molecule has 0 fully saturated rings. The average molecular weight is 758 g/mol. The summed E-state index contributed by atoms with van der Waals surface area (Å²) in [5, 5.41) is 19.6. The Balaban J connectivity index is 1.05. The van der Waals surface area contributed by atoms with Crippen LogP contribution in [-0.4, -0.2) is 9.97 Å². The number of hydrogen-bond acceptors (Lipinski definition) is 4. The highest BCUT2D eigenvalue weighted by atomic mass is 32.1. The number of aromatic nitrogens is 2. The maximum atomic E-state index is 13.9. The lowest BCUT2D eigenvalue weighted by molar-refractivity contribution is 0.628. The molecule has 0 aliphatic heterocycles. The summed E-state index contributed by atoms with van der Waals surface area (Å²) in [5.74, 6) is 0.261. The van der Waals surface area contributed by atoms with Crippen molar-refractivity contribution < 1.29 is 4.39 Å². The number of benzene rings is 8. The third-order valence-electron chi connectivity index (χ3n) is 11.7. The number of rotatable bonds is 4. The van der Waals surface area contributed by atoms with E-state index in [1.165, 1.54) is 86.9 Å². The summed E-state index contributed by atoms with van der Waals surface area (Å²) in [6, 6.07) is 60.3. The van der Waals surface area contributed by atoms with Crippen LogP contribution >= 0.6 is 11.3 Å². The molecule has 11 aromatic rings. The van der Waals surface area contributed by atoms with E-state index in [1.807, 2.05) is 29.5 Å². The van der Waals surface area contributed by atoms with Gasteiger partial charge in [-0.15, -0.1) is 11.3 Å². The molecule has 0 saturated carbocycles. The molecule has 0 amide bonds. The van der Waals surface area contributed by atoms with Crippen molar-refractivity contribution in [2.75, 3.05) is 0 Å². The molecule has 0 N–H and O–H groups in total. The van der Waals surface area contributed by atoms with Gasteiger partial charge in [0.15, 0.2) is 5.82 Å². The predicted octanol–water partition coefficient (Wildman–Crippen LogP) is 14.6. The van der Waals surface area contributed by atoms with Gasteiger partial charge in [0.2, 0.25) is 0 Å². The highest BCUT2D eigenvalue weighted by Crippen LogP contribution is 2.53. The maximum absolute atomic E-state index is 13.9. The average Bonchev–Trinajstić information content (AvgIpc) is 3.82. The van der Waals surface area contributed by atoms with Crippen LogP contribution in [0.15, 0.2) is 170 Å². The van der Waals surface area contributed by atoms with Gasteiger partial charge in [-0.3, -0.25) is 0 Å². The van der Waals surface area contributed by atoms with Gasteiger partial charge < -0.3 is 0 Å². The van der Waals surface area contributed by atoms with Crippen molar-refractivity contribution in [3.05, 3.63) is 181 Å². The Morgan fingerprint density at radius 3 is 1.93 bits per heavy atom. The lowest BCUT2D eigenvalue weighted by Crippen LogP contribution is -1.96. The van der Waals surface area contributed by atoms with Crippen LogP contribution in [0, 0.1) is 17.1 Å². The minimum Gasteiger partial charge on any atom is -0.228 e. The van der Waals surface area contributed by atoms with E-state index in [0.29, 0.717) is 17.1 Å². The first-order chi connectivity index (χ1) is 28.6. The Labute approximate surface area is 336 Å². The summed E-state index contributed by atoms with van der Waals surface area (Å²) in [7, 11) is 0. The van der Waals surface area contributed by atoms with Crippen LogP contribution < -0.4 is 0 Å². The van der Waals surface area contributed by atoms with Gasteiger partial charge in [0.1, 0.15) is 5.82 Å². The molecule has 268 valence electrons. The van der Waals surface area contributed by atoms with E-state index in [1.54, 1.807) is 24.3 Å². The number of fused-ring (bicyclic) bond motifs is 6. The Morgan fingerprint density at radius 2 is 1.14 bits per heavy atom. The van der Waals surface area contributed by atoms with Gasteiger partial charge in [0.25, 0.3) is 0 Å². The fourth-order valence-corrected chi connectivity index (χ4v) is 10.2. The van der Waals surface area contributed by atoms with Crippen molar-refractivity contribution in [2.24, 2.45) is 0 Å². The van der Waals surface area contributed by atoms with Crippen molar-refractivity contribution in [3.63, 3.8) is 0 Å². The molecule has 2 heterocycles. The monoisotopic (exact) mass is 757 g/mol. The van der Waals surface area contributed by atoms with Crippen molar-refractivity contribution in [1.29, 1.82) is 5.26 Å². The van der Waals surface area contributed by atoms with Crippen molar-refractivity contribution in [2.45, 2.75) is 0 Å². The fourth-order valence-electron chi connectivity index (χ4n) is 8.99. The summed E-state index contributed by atoms with van der Waals surface area (Å²) in [5.41, 5.74) is 11.9. The Hall–Kier alpha value is -7.52. The van der Waals surface area contributed by atoms with Gasteiger partial charge in [0, 0.05) is 36.9 Å². The summed E-state index contributed by atoms with van der Waals surface area (Å²) >= 11 is 1.85. The first-order valence-electron chi connectivity index (χ1n) is 19.2. The summed E-state index contributed by atoms with van der Waals surface area (Å²) in [4.78, 5) is 9.98. The van der Waals surface area contributed by atoms with Crippen LogP contribution in [0.4, 0.5) is 4.39 Å². The summed E-state index contributed by atoms with van der Waals surface area (Å²) < 4.78 is 16.5. The number of nitriles is 1. The molecule has 5 heteroatoms. The lowest BCUT2D eigenvalue weighted by atomic mass is 9.93. The van der Waals surface area contributed by atoms with E-state index in [0.717, 1.165) is 33.5 Å². The zero-order valence-corrected chi connectivity index (χ0v) is 31.6. The minimum absolute atomic E-state index is 0.303. The molecule has 0 spiro atoms. The van der Waals surface area contributed by atoms with Crippen LogP contribution in [-0.2, 0) is 0 Å². The normalized spacial score (nSPS) is 11.9. The molecule has 0 saturated heterocycles. The van der Waals surface area contributed by atoms with Crippen LogP contribution in [0.3, 0.4) is 0 Å². The van der Waals surface area contributed by atoms with E-state index >= 15 is 0 Å². The van der Waals surface area contributed by atoms with Gasteiger partial charge in [-0.05, 0) is 132 Å². The number of nitrogens with zero attached hydrogens (tertiary/aromatic N) is 3. The van der Waals surface area contributed by atoms with Gasteiger partial charge >= 0.3 is 0 Å². The molecular formula is C53H28FN3S. The SMILES string of the molecule is N#Cc1ccc(-c2cc(-c3ccc(F)cc3)nc(-c3ccc(-c4cc5sc6cccc7cc8c9c(cccc9c(c4)c5c76)-c4c-8ccc5ccccc45)cc3)n2)cc1. The molecular weight excluding hydrogens is 730 g/mol. The van der Waals surface area contributed by atoms with Crippen molar-refractivity contribution in [1.82, 2.24) is 9.97 Å². The molecule has 58 heavy (non-hydrogen) atoms. The molecule has 0 unspecified atom stereocenters. The topological polar surface area (TPSA) is 49.6 Å². The van der Waals surface area contributed by atoms with E-state index in [2.05, 4.69) is 121 Å². The van der Waals surface area contributed by atoms with Crippen LogP contribution in [0.5, 0.6) is 0 Å². The van der Waals surface area contributed by atoms with E-state index in [9.17, 15) is 9.65 Å². The van der Waals surface area contributed by atoms with E-state index < -0.39 is 0 Å². The predicted molar refractivity (Wildman–Crippen MR) is 238 cm³/mol. The Morgan fingerprint density at radius 1 is 0.448 bits per heavy atom.